The highest BCUT2D eigenvalue weighted by atomic mass is 16.5. The number of rotatable bonds is 3. The first-order valence-electron chi connectivity index (χ1n) is 4.56. The van der Waals surface area contributed by atoms with Crippen LogP contribution in [0.15, 0.2) is 22.8 Å². The van der Waals surface area contributed by atoms with E-state index in [-0.39, 0.29) is 6.42 Å². The Hall–Kier alpha value is -1.29. The fourth-order valence-electron chi connectivity index (χ4n) is 1.90. The molecule has 2 heterocycles. The molecule has 0 bridgehead atoms. The van der Waals surface area contributed by atoms with Crippen molar-refractivity contribution in [2.24, 2.45) is 0 Å². The predicted molar refractivity (Wildman–Crippen MR) is 48.1 cm³/mol. The topological polar surface area (TPSA) is 59.7 Å². The summed E-state index contributed by atoms with van der Waals surface area (Å²) >= 11 is 0. The van der Waals surface area contributed by atoms with Gasteiger partial charge in [-0.15, -0.1) is 0 Å². The maximum absolute atomic E-state index is 10.8. The van der Waals surface area contributed by atoms with Gasteiger partial charge >= 0.3 is 5.97 Å². The molecule has 1 aromatic heterocycles. The standard InChI is InChI=1S/C10H12O4/c11-9(12)6-10(3-5-13-7-10)8-2-1-4-14-8/h1-2,4H,3,5-7H2,(H,11,12). The number of carboxylic acids is 1. The molecule has 0 aromatic carbocycles. The fourth-order valence-corrected chi connectivity index (χ4v) is 1.90. The molecule has 1 atom stereocenters. The Morgan fingerprint density at radius 1 is 1.64 bits per heavy atom. The van der Waals surface area contributed by atoms with Gasteiger partial charge in [-0.05, 0) is 18.6 Å². The number of hydrogen-bond acceptors (Lipinski definition) is 3. The predicted octanol–water partition coefficient (Wildman–Crippen LogP) is 1.41. The average Bonchev–Trinajstić information content (AvgIpc) is 2.69. The van der Waals surface area contributed by atoms with Crippen molar-refractivity contribution in [3.63, 3.8) is 0 Å². The summed E-state index contributed by atoms with van der Waals surface area (Å²) in [5.41, 5.74) is -0.449. The van der Waals surface area contributed by atoms with Gasteiger partial charge in [0.15, 0.2) is 0 Å². The number of carbonyl (C=O) groups is 1. The van der Waals surface area contributed by atoms with Gasteiger partial charge in [0.2, 0.25) is 0 Å². The Labute approximate surface area is 81.5 Å². The lowest BCUT2D eigenvalue weighted by Crippen LogP contribution is -2.29. The van der Waals surface area contributed by atoms with E-state index < -0.39 is 11.4 Å². The van der Waals surface area contributed by atoms with Crippen LogP contribution in [0.5, 0.6) is 0 Å². The van der Waals surface area contributed by atoms with Gasteiger partial charge in [0.05, 0.1) is 24.7 Å². The van der Waals surface area contributed by atoms with Crippen molar-refractivity contribution < 1.29 is 19.1 Å². The SMILES string of the molecule is O=C(O)CC1(c2ccco2)CCOC1. The maximum Gasteiger partial charge on any atom is 0.304 e. The molecule has 0 spiro atoms. The van der Waals surface area contributed by atoms with E-state index >= 15 is 0 Å². The van der Waals surface area contributed by atoms with Gasteiger partial charge < -0.3 is 14.3 Å². The second-order valence-corrected chi connectivity index (χ2v) is 3.63. The molecule has 1 aliphatic rings. The summed E-state index contributed by atoms with van der Waals surface area (Å²) in [6, 6.07) is 3.59. The molecule has 1 aliphatic heterocycles. The van der Waals surface area contributed by atoms with Crippen molar-refractivity contribution in [1.82, 2.24) is 0 Å². The summed E-state index contributed by atoms with van der Waals surface area (Å²) in [6.45, 7) is 1.04. The minimum Gasteiger partial charge on any atom is -0.481 e. The third kappa shape index (κ3) is 1.53. The Morgan fingerprint density at radius 2 is 2.50 bits per heavy atom. The lowest BCUT2D eigenvalue weighted by molar-refractivity contribution is -0.138. The third-order valence-corrected chi connectivity index (χ3v) is 2.64. The first-order valence-corrected chi connectivity index (χ1v) is 4.56. The second kappa shape index (κ2) is 3.46. The van der Waals surface area contributed by atoms with E-state index in [2.05, 4.69) is 0 Å². The van der Waals surface area contributed by atoms with E-state index in [1.807, 2.05) is 6.07 Å². The molecule has 0 saturated carbocycles. The minimum atomic E-state index is -0.813. The van der Waals surface area contributed by atoms with E-state index in [1.165, 1.54) is 0 Å². The lowest BCUT2D eigenvalue weighted by atomic mass is 9.81. The second-order valence-electron chi connectivity index (χ2n) is 3.63. The lowest BCUT2D eigenvalue weighted by Gasteiger charge is -2.22. The molecular weight excluding hydrogens is 184 g/mol. The van der Waals surface area contributed by atoms with E-state index in [0.717, 1.165) is 5.76 Å². The van der Waals surface area contributed by atoms with Crippen LogP contribution in [-0.4, -0.2) is 24.3 Å². The van der Waals surface area contributed by atoms with E-state index in [0.29, 0.717) is 19.6 Å². The number of hydrogen-bond donors (Lipinski definition) is 1. The molecule has 1 unspecified atom stereocenters. The van der Waals surface area contributed by atoms with Crippen molar-refractivity contribution in [3.05, 3.63) is 24.2 Å². The number of aliphatic carboxylic acids is 1. The quantitative estimate of drug-likeness (QED) is 0.794. The summed E-state index contributed by atoms with van der Waals surface area (Å²) < 4.78 is 10.5. The molecule has 0 amide bonds. The van der Waals surface area contributed by atoms with Gasteiger partial charge in [-0.25, -0.2) is 0 Å². The Morgan fingerprint density at radius 3 is 3.00 bits per heavy atom. The van der Waals surface area contributed by atoms with Crippen molar-refractivity contribution in [1.29, 1.82) is 0 Å². The highest BCUT2D eigenvalue weighted by Crippen LogP contribution is 2.36. The van der Waals surface area contributed by atoms with Gasteiger partial charge in [0.25, 0.3) is 0 Å². The van der Waals surface area contributed by atoms with Crippen LogP contribution in [0.1, 0.15) is 18.6 Å². The van der Waals surface area contributed by atoms with Gasteiger partial charge in [-0.3, -0.25) is 4.79 Å². The number of ether oxygens (including phenoxy) is 1. The monoisotopic (exact) mass is 196 g/mol. The largest absolute Gasteiger partial charge is 0.481 e. The number of carboxylic acid groups (broad SMARTS) is 1. The van der Waals surface area contributed by atoms with Gasteiger partial charge in [-0.2, -0.15) is 0 Å². The summed E-state index contributed by atoms with van der Waals surface area (Å²) in [4.78, 5) is 10.8. The highest BCUT2D eigenvalue weighted by Gasteiger charge is 2.41. The smallest absolute Gasteiger partial charge is 0.304 e. The van der Waals surface area contributed by atoms with Crippen LogP contribution in [0.3, 0.4) is 0 Å². The summed E-state index contributed by atoms with van der Waals surface area (Å²) in [5, 5.41) is 8.84. The first-order chi connectivity index (χ1) is 6.73. The van der Waals surface area contributed by atoms with Gasteiger partial charge in [0, 0.05) is 6.61 Å². The van der Waals surface area contributed by atoms with Crippen LogP contribution in [0.25, 0.3) is 0 Å². The summed E-state index contributed by atoms with van der Waals surface area (Å²) in [6.07, 6.45) is 2.35. The van der Waals surface area contributed by atoms with Crippen LogP contribution in [0.2, 0.25) is 0 Å². The van der Waals surface area contributed by atoms with Crippen LogP contribution >= 0.6 is 0 Å². The van der Waals surface area contributed by atoms with E-state index in [9.17, 15) is 4.79 Å². The molecular formula is C10H12O4. The van der Waals surface area contributed by atoms with Crippen molar-refractivity contribution in [2.75, 3.05) is 13.2 Å². The van der Waals surface area contributed by atoms with Crippen molar-refractivity contribution in [2.45, 2.75) is 18.3 Å². The van der Waals surface area contributed by atoms with Crippen molar-refractivity contribution >= 4 is 5.97 Å². The zero-order chi connectivity index (χ0) is 10.0. The average molecular weight is 196 g/mol. The summed E-state index contributed by atoms with van der Waals surface area (Å²) in [7, 11) is 0. The number of furan rings is 1. The molecule has 0 aliphatic carbocycles. The molecule has 1 fully saturated rings. The van der Waals surface area contributed by atoms with Gasteiger partial charge in [-0.1, -0.05) is 0 Å². The molecule has 1 aromatic rings. The van der Waals surface area contributed by atoms with E-state index in [4.69, 9.17) is 14.3 Å². The zero-order valence-electron chi connectivity index (χ0n) is 7.73. The van der Waals surface area contributed by atoms with Crippen LogP contribution in [0, 0.1) is 0 Å². The first kappa shape index (κ1) is 9.27. The van der Waals surface area contributed by atoms with Gasteiger partial charge in [0.1, 0.15) is 5.76 Å². The van der Waals surface area contributed by atoms with Crippen LogP contribution in [-0.2, 0) is 14.9 Å². The molecule has 4 nitrogen and oxygen atoms in total. The normalized spacial score (nSPS) is 26.6. The maximum atomic E-state index is 10.8. The highest BCUT2D eigenvalue weighted by molar-refractivity contribution is 5.69. The Bertz CT molecular complexity index is 309. The molecule has 1 N–H and O–H groups in total. The van der Waals surface area contributed by atoms with Crippen LogP contribution < -0.4 is 0 Å². The summed E-state index contributed by atoms with van der Waals surface area (Å²) in [5.74, 6) is -0.0932. The fraction of sp³-hybridized carbons (Fsp3) is 0.500. The molecule has 2 rings (SSSR count). The third-order valence-electron chi connectivity index (χ3n) is 2.64. The Balaban J connectivity index is 2.26. The zero-order valence-corrected chi connectivity index (χ0v) is 7.73. The van der Waals surface area contributed by atoms with E-state index in [1.54, 1.807) is 12.3 Å². The molecule has 4 heteroatoms. The molecule has 0 radical (unpaired) electrons. The Kier molecular flexibility index (Phi) is 2.29. The molecule has 76 valence electrons. The molecule has 1 saturated heterocycles. The molecule has 14 heavy (non-hydrogen) atoms. The van der Waals surface area contributed by atoms with Crippen molar-refractivity contribution in [3.8, 4) is 0 Å². The van der Waals surface area contributed by atoms with Crippen LogP contribution in [0.4, 0.5) is 0 Å². The minimum absolute atomic E-state index is 0.0700.